The molecule has 4 nitrogen and oxygen atoms in total. The molecule has 1 N–H and O–H groups in total. The maximum Gasteiger partial charge on any atom is 0.325 e. The van der Waals surface area contributed by atoms with Crippen LogP contribution < -0.4 is 5.32 Å². The van der Waals surface area contributed by atoms with Crippen molar-refractivity contribution in [2.75, 3.05) is 12.3 Å². The second-order valence-corrected chi connectivity index (χ2v) is 7.79. The molecular formula is C19H19ClN2O2S. The molecule has 2 aromatic carbocycles. The van der Waals surface area contributed by atoms with Crippen molar-refractivity contribution in [3.8, 4) is 0 Å². The average Bonchev–Trinajstić information content (AvgIpc) is 2.81. The number of nitrogens with one attached hydrogen (secondary N) is 1. The number of halogens is 1. The molecule has 1 aliphatic heterocycles. The van der Waals surface area contributed by atoms with Crippen molar-refractivity contribution in [2.24, 2.45) is 0 Å². The van der Waals surface area contributed by atoms with Gasteiger partial charge in [0.05, 0.1) is 0 Å². The monoisotopic (exact) mass is 374 g/mol. The zero-order valence-electron chi connectivity index (χ0n) is 14.1. The van der Waals surface area contributed by atoms with Crippen LogP contribution in [0.4, 0.5) is 4.79 Å². The lowest BCUT2D eigenvalue weighted by Gasteiger charge is -2.22. The van der Waals surface area contributed by atoms with Gasteiger partial charge < -0.3 is 5.32 Å². The quantitative estimate of drug-likeness (QED) is 0.630. The first-order chi connectivity index (χ1) is 11.9. The molecule has 2 aromatic rings. The van der Waals surface area contributed by atoms with Gasteiger partial charge in [-0.05, 0) is 43.7 Å². The van der Waals surface area contributed by atoms with Crippen LogP contribution in [0.5, 0.6) is 0 Å². The van der Waals surface area contributed by atoms with Gasteiger partial charge in [0.1, 0.15) is 5.54 Å². The first-order valence-electron chi connectivity index (χ1n) is 8.00. The molecule has 6 heteroatoms. The molecule has 1 aliphatic rings. The fourth-order valence-electron chi connectivity index (χ4n) is 2.77. The highest BCUT2D eigenvalue weighted by Crippen LogP contribution is 2.29. The van der Waals surface area contributed by atoms with Gasteiger partial charge >= 0.3 is 6.03 Å². The highest BCUT2D eigenvalue weighted by molar-refractivity contribution is 7.99. The number of thioether (sulfide) groups is 1. The molecule has 1 heterocycles. The van der Waals surface area contributed by atoms with Crippen molar-refractivity contribution in [1.29, 1.82) is 0 Å². The number of rotatable bonds is 5. The lowest BCUT2D eigenvalue weighted by atomic mass is 9.91. The third-order valence-electron chi connectivity index (χ3n) is 4.30. The number of carbonyl (C=O) groups excluding carboxylic acids is 2. The predicted molar refractivity (Wildman–Crippen MR) is 101 cm³/mol. The number of hydrogen-bond donors (Lipinski definition) is 1. The van der Waals surface area contributed by atoms with Gasteiger partial charge in [-0.25, -0.2) is 4.79 Å². The summed E-state index contributed by atoms with van der Waals surface area (Å²) in [6.45, 7) is 4.10. The zero-order chi connectivity index (χ0) is 18.0. The summed E-state index contributed by atoms with van der Waals surface area (Å²) in [5.74, 6) is 0.420. The normalized spacial score (nSPS) is 20.0. The van der Waals surface area contributed by atoms with Crippen molar-refractivity contribution in [3.05, 3.63) is 64.7 Å². The second-order valence-electron chi connectivity index (χ2n) is 6.18. The summed E-state index contributed by atoms with van der Waals surface area (Å²) < 4.78 is 0. The Hall–Kier alpha value is -1.98. The van der Waals surface area contributed by atoms with Gasteiger partial charge in [0, 0.05) is 22.2 Å². The Morgan fingerprint density at radius 3 is 2.36 bits per heavy atom. The maximum absolute atomic E-state index is 12.8. The van der Waals surface area contributed by atoms with Crippen molar-refractivity contribution < 1.29 is 9.59 Å². The van der Waals surface area contributed by atoms with Crippen LogP contribution in [0.2, 0.25) is 5.02 Å². The third-order valence-corrected chi connectivity index (χ3v) is 5.55. The first-order valence-corrected chi connectivity index (χ1v) is 9.36. The van der Waals surface area contributed by atoms with E-state index >= 15 is 0 Å². The number of nitrogens with zero attached hydrogens (tertiary/aromatic N) is 1. The molecule has 0 radical (unpaired) electrons. The number of carbonyl (C=O) groups is 2. The summed E-state index contributed by atoms with van der Waals surface area (Å²) in [5, 5.41) is 3.52. The number of amides is 3. The Bertz CT molecular complexity index is 792. The summed E-state index contributed by atoms with van der Waals surface area (Å²) in [5.41, 5.74) is 0.903. The molecule has 0 bridgehead atoms. The van der Waals surface area contributed by atoms with Gasteiger partial charge in [-0.1, -0.05) is 41.4 Å². The number of hydrogen-bond acceptors (Lipinski definition) is 3. The summed E-state index contributed by atoms with van der Waals surface area (Å²) in [7, 11) is 0. The van der Waals surface area contributed by atoms with E-state index in [1.807, 2.05) is 55.5 Å². The minimum absolute atomic E-state index is 0.210. The van der Waals surface area contributed by atoms with Gasteiger partial charge in [-0.2, -0.15) is 0 Å². The number of imide groups is 1. The first kappa shape index (κ1) is 17.8. The van der Waals surface area contributed by atoms with Crippen molar-refractivity contribution in [2.45, 2.75) is 24.3 Å². The van der Waals surface area contributed by atoms with E-state index in [-0.39, 0.29) is 11.9 Å². The molecule has 3 amide bonds. The van der Waals surface area contributed by atoms with Crippen LogP contribution in [0.25, 0.3) is 0 Å². The summed E-state index contributed by atoms with van der Waals surface area (Å²) >= 11 is 7.46. The zero-order valence-corrected chi connectivity index (χ0v) is 15.7. The molecule has 0 saturated carbocycles. The van der Waals surface area contributed by atoms with Crippen LogP contribution in [0.3, 0.4) is 0 Å². The largest absolute Gasteiger partial charge is 0.325 e. The summed E-state index contributed by atoms with van der Waals surface area (Å²) in [6, 6.07) is 14.8. The average molecular weight is 375 g/mol. The number of benzene rings is 2. The molecule has 130 valence electrons. The van der Waals surface area contributed by atoms with Crippen molar-refractivity contribution in [1.82, 2.24) is 10.2 Å². The van der Waals surface area contributed by atoms with E-state index in [4.69, 9.17) is 11.6 Å². The van der Waals surface area contributed by atoms with Gasteiger partial charge in [0.15, 0.2) is 0 Å². The Morgan fingerprint density at radius 1 is 1.08 bits per heavy atom. The number of aryl methyl sites for hydroxylation is 1. The molecule has 1 fully saturated rings. The van der Waals surface area contributed by atoms with Crippen LogP contribution >= 0.6 is 23.4 Å². The fourth-order valence-corrected chi connectivity index (χ4v) is 3.73. The molecule has 1 saturated heterocycles. The SMILES string of the molecule is Cc1ccc(C2(C)NC(=O)N(CCSc3ccc(Cl)cc3)C2=O)cc1. The summed E-state index contributed by atoms with van der Waals surface area (Å²) in [4.78, 5) is 27.5. The van der Waals surface area contributed by atoms with Crippen LogP contribution in [0, 0.1) is 6.92 Å². The van der Waals surface area contributed by atoms with Gasteiger partial charge in [-0.3, -0.25) is 9.69 Å². The fraction of sp³-hybridized carbons (Fsp3) is 0.263. The molecule has 3 rings (SSSR count). The van der Waals surface area contributed by atoms with Gasteiger partial charge in [0.2, 0.25) is 0 Å². The molecular weight excluding hydrogens is 356 g/mol. The van der Waals surface area contributed by atoms with Crippen molar-refractivity contribution in [3.63, 3.8) is 0 Å². The van der Waals surface area contributed by atoms with E-state index in [0.717, 1.165) is 16.0 Å². The van der Waals surface area contributed by atoms with E-state index < -0.39 is 5.54 Å². The molecule has 0 aromatic heterocycles. The van der Waals surface area contributed by atoms with Gasteiger partial charge in [-0.15, -0.1) is 11.8 Å². The molecule has 1 unspecified atom stereocenters. The van der Waals surface area contributed by atoms with E-state index in [2.05, 4.69) is 5.32 Å². The minimum atomic E-state index is -1.00. The van der Waals surface area contributed by atoms with Gasteiger partial charge in [0.25, 0.3) is 5.91 Å². The Kier molecular flexibility index (Phi) is 5.06. The van der Waals surface area contributed by atoms with Crippen LogP contribution in [-0.4, -0.2) is 29.1 Å². The smallest absolute Gasteiger partial charge is 0.319 e. The molecule has 25 heavy (non-hydrogen) atoms. The highest BCUT2D eigenvalue weighted by Gasteiger charge is 2.48. The summed E-state index contributed by atoms with van der Waals surface area (Å²) in [6.07, 6.45) is 0. The van der Waals surface area contributed by atoms with Crippen molar-refractivity contribution >= 4 is 35.3 Å². The topological polar surface area (TPSA) is 49.4 Å². The standard InChI is InChI=1S/C19H19ClN2O2S/c1-13-3-5-14(6-4-13)19(2)17(23)22(18(24)21-19)11-12-25-16-9-7-15(20)8-10-16/h3-10H,11-12H2,1-2H3,(H,21,24). The molecule has 0 spiro atoms. The van der Waals surface area contributed by atoms with Crippen LogP contribution in [0.15, 0.2) is 53.4 Å². The minimum Gasteiger partial charge on any atom is -0.319 e. The lowest BCUT2D eigenvalue weighted by molar-refractivity contribution is -0.130. The lowest BCUT2D eigenvalue weighted by Crippen LogP contribution is -2.41. The highest BCUT2D eigenvalue weighted by atomic mass is 35.5. The third kappa shape index (κ3) is 3.67. The second kappa shape index (κ2) is 7.10. The molecule has 1 atom stereocenters. The predicted octanol–water partition coefficient (Wildman–Crippen LogP) is 4.21. The molecule has 0 aliphatic carbocycles. The Morgan fingerprint density at radius 2 is 1.72 bits per heavy atom. The van der Waals surface area contributed by atoms with E-state index in [0.29, 0.717) is 17.3 Å². The van der Waals surface area contributed by atoms with Crippen LogP contribution in [0.1, 0.15) is 18.1 Å². The Balaban J connectivity index is 1.66. The number of urea groups is 1. The van der Waals surface area contributed by atoms with E-state index in [1.165, 1.54) is 4.90 Å². The Labute approximate surface area is 156 Å². The van der Waals surface area contributed by atoms with Crippen LogP contribution in [-0.2, 0) is 10.3 Å². The maximum atomic E-state index is 12.8. The van der Waals surface area contributed by atoms with E-state index in [1.54, 1.807) is 18.7 Å². The van der Waals surface area contributed by atoms with E-state index in [9.17, 15) is 9.59 Å².